The summed E-state index contributed by atoms with van der Waals surface area (Å²) in [4.78, 5) is 26.2. The van der Waals surface area contributed by atoms with Crippen LogP contribution in [-0.4, -0.2) is 47.6 Å². The molecular weight excluding hydrogens is 280 g/mol. The van der Waals surface area contributed by atoms with Gasteiger partial charge in [0, 0.05) is 32.2 Å². The number of hydrogen-bond donors (Lipinski definition) is 2. The van der Waals surface area contributed by atoms with E-state index in [0.29, 0.717) is 25.6 Å². The SMILES string of the molecule is CC(C)(CO)CCCNC(=O)C1CC(=O)N(C2CCCC2)C1. The maximum absolute atomic E-state index is 12.2. The van der Waals surface area contributed by atoms with E-state index in [4.69, 9.17) is 0 Å². The standard InChI is InChI=1S/C17H30N2O3/c1-17(2,12-20)8-5-9-18-16(22)13-10-15(21)19(11-13)14-6-3-4-7-14/h13-14,20H,3-12H2,1-2H3,(H,18,22). The molecule has 2 rings (SSSR count). The minimum Gasteiger partial charge on any atom is -0.396 e. The van der Waals surface area contributed by atoms with Crippen molar-refractivity contribution in [2.75, 3.05) is 19.7 Å². The van der Waals surface area contributed by atoms with E-state index in [2.05, 4.69) is 5.32 Å². The highest BCUT2D eigenvalue weighted by atomic mass is 16.3. The zero-order valence-corrected chi connectivity index (χ0v) is 13.9. The third-order valence-corrected chi connectivity index (χ3v) is 5.05. The molecule has 1 aliphatic heterocycles. The van der Waals surface area contributed by atoms with Gasteiger partial charge in [0.25, 0.3) is 0 Å². The van der Waals surface area contributed by atoms with Crippen LogP contribution in [0.15, 0.2) is 0 Å². The van der Waals surface area contributed by atoms with Gasteiger partial charge in [-0.2, -0.15) is 0 Å². The largest absolute Gasteiger partial charge is 0.396 e. The highest BCUT2D eigenvalue weighted by Gasteiger charge is 2.38. The van der Waals surface area contributed by atoms with Crippen LogP contribution in [0.3, 0.4) is 0 Å². The summed E-state index contributed by atoms with van der Waals surface area (Å²) in [6, 6.07) is 0.371. The molecule has 2 N–H and O–H groups in total. The molecule has 2 fully saturated rings. The van der Waals surface area contributed by atoms with Crippen molar-refractivity contribution in [1.82, 2.24) is 10.2 Å². The molecule has 22 heavy (non-hydrogen) atoms. The van der Waals surface area contributed by atoms with Gasteiger partial charge in [0.2, 0.25) is 11.8 Å². The molecule has 2 aliphatic rings. The third kappa shape index (κ3) is 4.45. The Bertz CT molecular complexity index is 403. The van der Waals surface area contributed by atoms with E-state index >= 15 is 0 Å². The lowest BCUT2D eigenvalue weighted by Gasteiger charge is -2.24. The number of amides is 2. The summed E-state index contributed by atoms with van der Waals surface area (Å²) in [5.74, 6) is -0.0249. The molecule has 0 spiro atoms. The van der Waals surface area contributed by atoms with Gasteiger partial charge < -0.3 is 15.3 Å². The summed E-state index contributed by atoms with van der Waals surface area (Å²) in [7, 11) is 0. The van der Waals surface area contributed by atoms with E-state index < -0.39 is 0 Å². The molecule has 5 nitrogen and oxygen atoms in total. The fraction of sp³-hybridized carbons (Fsp3) is 0.882. The van der Waals surface area contributed by atoms with Crippen molar-refractivity contribution in [2.24, 2.45) is 11.3 Å². The highest BCUT2D eigenvalue weighted by Crippen LogP contribution is 2.29. The molecule has 5 heteroatoms. The van der Waals surface area contributed by atoms with E-state index in [1.807, 2.05) is 18.7 Å². The van der Waals surface area contributed by atoms with Crippen LogP contribution < -0.4 is 5.32 Å². The lowest BCUT2D eigenvalue weighted by atomic mass is 9.89. The maximum atomic E-state index is 12.2. The zero-order valence-electron chi connectivity index (χ0n) is 13.9. The topological polar surface area (TPSA) is 69.6 Å². The second-order valence-electron chi connectivity index (χ2n) is 7.60. The fourth-order valence-electron chi connectivity index (χ4n) is 3.48. The molecule has 126 valence electrons. The van der Waals surface area contributed by atoms with Crippen molar-refractivity contribution in [3.8, 4) is 0 Å². The predicted molar refractivity (Wildman–Crippen MR) is 85.2 cm³/mol. The second-order valence-corrected chi connectivity index (χ2v) is 7.60. The molecule has 1 aliphatic carbocycles. The predicted octanol–water partition coefficient (Wildman–Crippen LogP) is 1.69. The minimum atomic E-state index is -0.182. The van der Waals surface area contributed by atoms with Crippen molar-refractivity contribution in [2.45, 2.75) is 64.8 Å². The number of hydrogen-bond acceptors (Lipinski definition) is 3. The molecule has 1 unspecified atom stereocenters. The molecule has 1 heterocycles. The van der Waals surface area contributed by atoms with Crippen LogP contribution in [0, 0.1) is 11.3 Å². The quantitative estimate of drug-likeness (QED) is 0.703. The molecule has 1 saturated heterocycles. The van der Waals surface area contributed by atoms with Crippen LogP contribution in [-0.2, 0) is 9.59 Å². The lowest BCUT2D eigenvalue weighted by molar-refractivity contribution is -0.130. The average Bonchev–Trinajstić information content (AvgIpc) is 3.12. The molecule has 1 atom stereocenters. The van der Waals surface area contributed by atoms with Crippen LogP contribution in [0.4, 0.5) is 0 Å². The number of likely N-dealkylation sites (tertiary alicyclic amines) is 1. The third-order valence-electron chi connectivity index (χ3n) is 5.05. The summed E-state index contributed by atoms with van der Waals surface area (Å²) in [6.45, 7) is 5.41. The minimum absolute atomic E-state index is 0.00986. The number of aliphatic hydroxyl groups excluding tert-OH is 1. The molecule has 2 amide bonds. The van der Waals surface area contributed by atoms with Crippen molar-refractivity contribution in [3.63, 3.8) is 0 Å². The van der Waals surface area contributed by atoms with Crippen molar-refractivity contribution in [1.29, 1.82) is 0 Å². The average molecular weight is 310 g/mol. The Balaban J connectivity index is 1.71. The Kier molecular flexibility index (Phi) is 5.84. The van der Waals surface area contributed by atoms with Gasteiger partial charge >= 0.3 is 0 Å². The summed E-state index contributed by atoms with van der Waals surface area (Å²) in [5, 5.41) is 12.2. The van der Waals surface area contributed by atoms with Crippen molar-refractivity contribution >= 4 is 11.8 Å². The van der Waals surface area contributed by atoms with E-state index in [1.54, 1.807) is 0 Å². The molecule has 0 aromatic rings. The highest BCUT2D eigenvalue weighted by molar-refractivity contribution is 5.89. The van der Waals surface area contributed by atoms with Gasteiger partial charge in [-0.05, 0) is 31.1 Å². The number of rotatable bonds is 7. The smallest absolute Gasteiger partial charge is 0.225 e. The summed E-state index contributed by atoms with van der Waals surface area (Å²) in [6.07, 6.45) is 6.68. The number of nitrogens with one attached hydrogen (secondary N) is 1. The second kappa shape index (κ2) is 7.44. The van der Waals surface area contributed by atoms with Crippen LogP contribution in [0.2, 0.25) is 0 Å². The monoisotopic (exact) mass is 310 g/mol. The van der Waals surface area contributed by atoms with Crippen LogP contribution in [0.25, 0.3) is 0 Å². The zero-order chi connectivity index (χ0) is 16.2. The molecule has 0 radical (unpaired) electrons. The molecule has 0 aromatic heterocycles. The number of aliphatic hydroxyl groups is 1. The van der Waals surface area contributed by atoms with Crippen molar-refractivity contribution in [3.05, 3.63) is 0 Å². The van der Waals surface area contributed by atoms with Gasteiger partial charge in [0.15, 0.2) is 0 Å². The summed E-state index contributed by atoms with van der Waals surface area (Å²) in [5.41, 5.74) is -0.0900. The normalized spacial score (nSPS) is 23.3. The number of carbonyl (C=O) groups excluding carboxylic acids is 2. The van der Waals surface area contributed by atoms with Gasteiger partial charge in [0.05, 0.1) is 5.92 Å². The van der Waals surface area contributed by atoms with Gasteiger partial charge in [0.1, 0.15) is 0 Å². The van der Waals surface area contributed by atoms with E-state index in [0.717, 1.165) is 25.7 Å². The molecule has 0 bridgehead atoms. The first-order valence-corrected chi connectivity index (χ1v) is 8.61. The fourth-order valence-corrected chi connectivity index (χ4v) is 3.48. The van der Waals surface area contributed by atoms with E-state index in [9.17, 15) is 14.7 Å². The first-order chi connectivity index (χ1) is 10.4. The molecular formula is C17H30N2O3. The lowest BCUT2D eigenvalue weighted by Crippen LogP contribution is -2.37. The van der Waals surface area contributed by atoms with Crippen LogP contribution in [0.5, 0.6) is 0 Å². The Morgan fingerprint density at radius 3 is 2.68 bits per heavy atom. The van der Waals surface area contributed by atoms with Gasteiger partial charge in [-0.15, -0.1) is 0 Å². The summed E-state index contributed by atoms with van der Waals surface area (Å²) < 4.78 is 0. The van der Waals surface area contributed by atoms with Gasteiger partial charge in [-0.25, -0.2) is 0 Å². The Hall–Kier alpha value is -1.10. The van der Waals surface area contributed by atoms with Crippen LogP contribution >= 0.6 is 0 Å². The number of carbonyl (C=O) groups is 2. The Morgan fingerprint density at radius 2 is 2.05 bits per heavy atom. The van der Waals surface area contributed by atoms with Crippen LogP contribution in [0.1, 0.15) is 58.8 Å². The maximum Gasteiger partial charge on any atom is 0.225 e. The van der Waals surface area contributed by atoms with E-state index in [1.165, 1.54) is 12.8 Å². The molecule has 0 aromatic carbocycles. The Labute approximate surface area is 133 Å². The van der Waals surface area contributed by atoms with Gasteiger partial charge in [-0.1, -0.05) is 26.7 Å². The van der Waals surface area contributed by atoms with Gasteiger partial charge in [-0.3, -0.25) is 9.59 Å². The number of nitrogens with zero attached hydrogens (tertiary/aromatic N) is 1. The summed E-state index contributed by atoms with van der Waals surface area (Å²) >= 11 is 0. The van der Waals surface area contributed by atoms with E-state index in [-0.39, 0.29) is 29.8 Å². The Morgan fingerprint density at radius 1 is 1.36 bits per heavy atom. The first kappa shape index (κ1) is 17.3. The molecule has 1 saturated carbocycles. The van der Waals surface area contributed by atoms with Crippen molar-refractivity contribution < 1.29 is 14.7 Å². The first-order valence-electron chi connectivity index (χ1n) is 8.61.